The van der Waals surface area contributed by atoms with E-state index in [-0.39, 0.29) is 5.91 Å². The first-order valence-corrected chi connectivity index (χ1v) is 4.05. The van der Waals surface area contributed by atoms with Crippen LogP contribution in [0.25, 0.3) is 0 Å². The highest BCUT2D eigenvalue weighted by atomic mass is 16.7. The van der Waals surface area contributed by atoms with Gasteiger partial charge in [0.05, 0.1) is 25.8 Å². The molecule has 1 aliphatic heterocycles. The van der Waals surface area contributed by atoms with Gasteiger partial charge in [-0.3, -0.25) is 9.63 Å². The Kier molecular flexibility index (Phi) is 2.18. The van der Waals surface area contributed by atoms with Crippen molar-refractivity contribution in [2.24, 2.45) is 0 Å². The highest BCUT2D eigenvalue weighted by Crippen LogP contribution is 2.10. The number of hydroxylamine groups is 2. The van der Waals surface area contributed by atoms with Crippen molar-refractivity contribution in [1.82, 2.24) is 15.3 Å². The summed E-state index contributed by atoms with van der Waals surface area (Å²) in [6, 6.07) is 1.81. The summed E-state index contributed by atoms with van der Waals surface area (Å²) in [5.74, 6) is 0.0248. The summed E-state index contributed by atoms with van der Waals surface area (Å²) in [6.45, 7) is 0.936. The van der Waals surface area contributed by atoms with Crippen molar-refractivity contribution in [3.8, 4) is 0 Å². The van der Waals surface area contributed by atoms with E-state index in [1.165, 1.54) is 5.06 Å². The largest absolute Gasteiger partial charge is 0.272 e. The molecule has 0 atom stereocenters. The van der Waals surface area contributed by atoms with Crippen LogP contribution in [-0.4, -0.2) is 27.8 Å². The quantitative estimate of drug-likeness (QED) is 0.648. The van der Waals surface area contributed by atoms with Crippen molar-refractivity contribution in [2.75, 3.05) is 6.61 Å². The number of nitrogens with zero attached hydrogens (tertiary/aromatic N) is 3. The van der Waals surface area contributed by atoms with E-state index in [0.29, 0.717) is 19.6 Å². The fourth-order valence-electron chi connectivity index (χ4n) is 1.15. The van der Waals surface area contributed by atoms with Gasteiger partial charge in [0.15, 0.2) is 0 Å². The van der Waals surface area contributed by atoms with Crippen LogP contribution in [0.15, 0.2) is 18.5 Å². The van der Waals surface area contributed by atoms with Crippen molar-refractivity contribution in [3.63, 3.8) is 0 Å². The molecule has 0 aliphatic carbocycles. The topological polar surface area (TPSA) is 55.3 Å². The lowest BCUT2D eigenvalue weighted by Crippen LogP contribution is -2.22. The second kappa shape index (κ2) is 3.49. The Morgan fingerprint density at radius 3 is 3.08 bits per heavy atom. The summed E-state index contributed by atoms with van der Waals surface area (Å²) in [6.07, 6.45) is 3.68. The number of hydrogen-bond donors (Lipinski definition) is 0. The summed E-state index contributed by atoms with van der Waals surface area (Å²) in [5, 5.41) is 8.71. The van der Waals surface area contributed by atoms with E-state index in [1.54, 1.807) is 12.4 Å². The summed E-state index contributed by atoms with van der Waals surface area (Å²) in [4.78, 5) is 16.2. The summed E-state index contributed by atoms with van der Waals surface area (Å²) < 4.78 is 0. The van der Waals surface area contributed by atoms with E-state index in [4.69, 9.17) is 4.84 Å². The summed E-state index contributed by atoms with van der Waals surface area (Å²) >= 11 is 0. The molecule has 0 bridgehead atoms. The molecule has 5 heteroatoms. The van der Waals surface area contributed by atoms with Crippen LogP contribution in [-0.2, 0) is 16.2 Å². The van der Waals surface area contributed by atoms with Crippen molar-refractivity contribution >= 4 is 5.91 Å². The number of rotatable bonds is 2. The molecular formula is C8H9N3O2. The van der Waals surface area contributed by atoms with Crippen LogP contribution >= 0.6 is 0 Å². The predicted molar refractivity (Wildman–Crippen MR) is 43.2 cm³/mol. The Morgan fingerprint density at radius 2 is 2.46 bits per heavy atom. The van der Waals surface area contributed by atoms with Gasteiger partial charge in [0.25, 0.3) is 0 Å². The molecule has 2 heterocycles. The normalized spacial score (nSPS) is 16.6. The Labute approximate surface area is 75.3 Å². The Bertz CT molecular complexity index is 302. The number of aromatic nitrogens is 2. The predicted octanol–water partition coefficient (Wildman–Crippen LogP) is 0.140. The van der Waals surface area contributed by atoms with E-state index in [0.717, 1.165) is 5.56 Å². The van der Waals surface area contributed by atoms with Gasteiger partial charge in [0, 0.05) is 6.20 Å². The van der Waals surface area contributed by atoms with E-state index >= 15 is 0 Å². The lowest BCUT2D eigenvalue weighted by Gasteiger charge is -2.12. The SMILES string of the molecule is O=C1CCON1Cc1ccnnc1. The maximum absolute atomic E-state index is 11.1. The summed E-state index contributed by atoms with van der Waals surface area (Å²) in [7, 11) is 0. The molecule has 0 unspecified atom stereocenters. The molecule has 1 fully saturated rings. The van der Waals surface area contributed by atoms with Gasteiger partial charge in [0.2, 0.25) is 5.91 Å². The van der Waals surface area contributed by atoms with Gasteiger partial charge in [-0.25, -0.2) is 5.06 Å². The molecule has 13 heavy (non-hydrogen) atoms. The van der Waals surface area contributed by atoms with Crippen molar-refractivity contribution in [3.05, 3.63) is 24.0 Å². The number of carbonyl (C=O) groups is 1. The molecule has 0 N–H and O–H groups in total. The van der Waals surface area contributed by atoms with Gasteiger partial charge in [-0.15, -0.1) is 0 Å². The van der Waals surface area contributed by atoms with Gasteiger partial charge in [0.1, 0.15) is 0 Å². The molecule has 1 aliphatic rings. The monoisotopic (exact) mass is 179 g/mol. The molecule has 0 saturated carbocycles. The standard InChI is InChI=1S/C8H9N3O2/c12-8-2-4-13-11(8)6-7-1-3-9-10-5-7/h1,3,5H,2,4,6H2. The van der Waals surface area contributed by atoms with E-state index < -0.39 is 0 Å². The number of hydrogen-bond acceptors (Lipinski definition) is 4. The lowest BCUT2D eigenvalue weighted by molar-refractivity contribution is -0.164. The first-order chi connectivity index (χ1) is 6.36. The molecule has 1 aromatic heterocycles. The molecule has 0 aromatic carbocycles. The van der Waals surface area contributed by atoms with Crippen molar-refractivity contribution in [2.45, 2.75) is 13.0 Å². The van der Waals surface area contributed by atoms with Crippen LogP contribution in [0, 0.1) is 0 Å². The fourth-order valence-corrected chi connectivity index (χ4v) is 1.15. The van der Waals surface area contributed by atoms with Crippen LogP contribution in [0.5, 0.6) is 0 Å². The molecule has 1 amide bonds. The van der Waals surface area contributed by atoms with Gasteiger partial charge in [-0.2, -0.15) is 10.2 Å². The molecule has 0 radical (unpaired) electrons. The average molecular weight is 179 g/mol. The van der Waals surface area contributed by atoms with Gasteiger partial charge in [-0.05, 0) is 11.6 Å². The fraction of sp³-hybridized carbons (Fsp3) is 0.375. The maximum atomic E-state index is 11.1. The first kappa shape index (κ1) is 8.12. The van der Waals surface area contributed by atoms with Crippen molar-refractivity contribution < 1.29 is 9.63 Å². The molecular weight excluding hydrogens is 170 g/mol. The number of carbonyl (C=O) groups excluding carboxylic acids is 1. The zero-order valence-electron chi connectivity index (χ0n) is 7.01. The molecule has 1 saturated heterocycles. The van der Waals surface area contributed by atoms with Crippen LogP contribution in [0.1, 0.15) is 12.0 Å². The first-order valence-electron chi connectivity index (χ1n) is 4.05. The third-order valence-corrected chi connectivity index (χ3v) is 1.81. The van der Waals surface area contributed by atoms with Crippen LogP contribution in [0.2, 0.25) is 0 Å². The van der Waals surface area contributed by atoms with Crippen LogP contribution in [0.3, 0.4) is 0 Å². The minimum atomic E-state index is 0.0248. The zero-order chi connectivity index (χ0) is 9.10. The zero-order valence-corrected chi connectivity index (χ0v) is 7.01. The minimum Gasteiger partial charge on any atom is -0.272 e. The average Bonchev–Trinajstić information content (AvgIpc) is 2.54. The maximum Gasteiger partial charge on any atom is 0.248 e. The Morgan fingerprint density at radius 1 is 1.54 bits per heavy atom. The van der Waals surface area contributed by atoms with Gasteiger partial charge in [-0.1, -0.05) is 0 Å². The highest BCUT2D eigenvalue weighted by Gasteiger charge is 2.21. The van der Waals surface area contributed by atoms with Crippen LogP contribution in [0.4, 0.5) is 0 Å². The Balaban J connectivity index is 2.02. The van der Waals surface area contributed by atoms with Gasteiger partial charge >= 0.3 is 0 Å². The molecule has 1 aromatic rings. The lowest BCUT2D eigenvalue weighted by atomic mass is 10.3. The molecule has 5 nitrogen and oxygen atoms in total. The third kappa shape index (κ3) is 1.81. The second-order valence-corrected chi connectivity index (χ2v) is 2.76. The van der Waals surface area contributed by atoms with E-state index in [9.17, 15) is 4.79 Å². The highest BCUT2D eigenvalue weighted by molar-refractivity contribution is 5.76. The van der Waals surface area contributed by atoms with Gasteiger partial charge < -0.3 is 0 Å². The third-order valence-electron chi connectivity index (χ3n) is 1.81. The van der Waals surface area contributed by atoms with E-state index in [2.05, 4.69) is 10.2 Å². The second-order valence-electron chi connectivity index (χ2n) is 2.76. The van der Waals surface area contributed by atoms with E-state index in [1.807, 2.05) is 6.07 Å². The smallest absolute Gasteiger partial charge is 0.248 e. The minimum absolute atomic E-state index is 0.0248. The molecule has 2 rings (SSSR count). The van der Waals surface area contributed by atoms with Crippen molar-refractivity contribution in [1.29, 1.82) is 0 Å². The molecule has 0 spiro atoms. The number of amides is 1. The Hall–Kier alpha value is -1.49. The summed E-state index contributed by atoms with van der Waals surface area (Å²) in [5.41, 5.74) is 0.922. The van der Waals surface area contributed by atoms with Crippen LogP contribution < -0.4 is 0 Å². The molecule has 68 valence electrons.